The molecule has 1 saturated carbocycles. The van der Waals surface area contributed by atoms with Gasteiger partial charge in [0.1, 0.15) is 5.41 Å². The summed E-state index contributed by atoms with van der Waals surface area (Å²) < 4.78 is 0. The van der Waals surface area contributed by atoms with Crippen LogP contribution in [0.5, 0.6) is 0 Å². The van der Waals surface area contributed by atoms with Gasteiger partial charge in [0.2, 0.25) is 0 Å². The van der Waals surface area contributed by atoms with E-state index < -0.39 is 10.8 Å². The molecule has 0 aromatic carbocycles. The standard InChI is InChI=1S/C10H14O2/c1-5-10(4)7(11)6-9(2,3)8(10)12/h5H,1,6H2,2-4H3. The number of carbonyl (C=O) groups excluding carboxylic acids is 2. The molecule has 0 aliphatic heterocycles. The van der Waals surface area contributed by atoms with Gasteiger partial charge in [-0.15, -0.1) is 6.58 Å². The molecule has 0 spiro atoms. The number of rotatable bonds is 1. The molecule has 0 aromatic rings. The van der Waals surface area contributed by atoms with Gasteiger partial charge in [0.25, 0.3) is 0 Å². The predicted molar refractivity (Wildman–Crippen MR) is 46.7 cm³/mol. The van der Waals surface area contributed by atoms with Crippen LogP contribution in [0, 0.1) is 10.8 Å². The molecule has 1 fully saturated rings. The summed E-state index contributed by atoms with van der Waals surface area (Å²) in [5.74, 6) is -0.0116. The van der Waals surface area contributed by atoms with E-state index in [4.69, 9.17) is 0 Å². The topological polar surface area (TPSA) is 34.1 Å². The average molecular weight is 166 g/mol. The van der Waals surface area contributed by atoms with E-state index >= 15 is 0 Å². The molecule has 1 aliphatic carbocycles. The van der Waals surface area contributed by atoms with E-state index in [9.17, 15) is 9.59 Å². The molecule has 1 atom stereocenters. The van der Waals surface area contributed by atoms with Crippen molar-refractivity contribution in [2.24, 2.45) is 10.8 Å². The lowest BCUT2D eigenvalue weighted by molar-refractivity contribution is -0.133. The average Bonchev–Trinajstić information content (AvgIpc) is 2.13. The number of allylic oxidation sites excluding steroid dienone is 1. The van der Waals surface area contributed by atoms with E-state index in [0.717, 1.165) is 0 Å². The highest BCUT2D eigenvalue weighted by Gasteiger charge is 2.53. The Morgan fingerprint density at radius 2 is 1.83 bits per heavy atom. The Hall–Kier alpha value is -0.920. The first-order chi connectivity index (χ1) is 5.34. The molecule has 1 aliphatic rings. The van der Waals surface area contributed by atoms with Gasteiger partial charge in [0, 0.05) is 11.8 Å². The fraction of sp³-hybridized carbons (Fsp3) is 0.600. The zero-order valence-corrected chi connectivity index (χ0v) is 7.81. The lowest BCUT2D eigenvalue weighted by Gasteiger charge is -2.18. The van der Waals surface area contributed by atoms with Crippen molar-refractivity contribution in [3.63, 3.8) is 0 Å². The molecule has 0 aromatic heterocycles. The Bertz CT molecular complexity index is 263. The van der Waals surface area contributed by atoms with Crippen molar-refractivity contribution >= 4 is 11.6 Å². The van der Waals surface area contributed by atoms with Crippen molar-refractivity contribution in [1.82, 2.24) is 0 Å². The molecule has 0 heterocycles. The normalized spacial score (nSPS) is 33.9. The summed E-state index contributed by atoms with van der Waals surface area (Å²) in [7, 11) is 0. The maximum Gasteiger partial charge on any atom is 0.155 e. The van der Waals surface area contributed by atoms with E-state index in [1.54, 1.807) is 6.92 Å². The Kier molecular flexibility index (Phi) is 1.74. The lowest BCUT2D eigenvalue weighted by atomic mass is 9.81. The first-order valence-corrected chi connectivity index (χ1v) is 4.06. The highest BCUT2D eigenvalue weighted by Crippen LogP contribution is 2.43. The van der Waals surface area contributed by atoms with Gasteiger partial charge in [-0.2, -0.15) is 0 Å². The number of carbonyl (C=O) groups is 2. The molecule has 0 N–H and O–H groups in total. The minimum atomic E-state index is -0.927. The van der Waals surface area contributed by atoms with Gasteiger partial charge >= 0.3 is 0 Å². The maximum atomic E-state index is 11.7. The third-order valence-corrected chi connectivity index (χ3v) is 2.68. The zero-order valence-electron chi connectivity index (χ0n) is 7.81. The van der Waals surface area contributed by atoms with Gasteiger partial charge in [0.15, 0.2) is 11.6 Å². The quantitative estimate of drug-likeness (QED) is 0.439. The number of Topliss-reactive ketones (excluding diaryl/α,β-unsaturated/α-hetero) is 2. The minimum Gasteiger partial charge on any atom is -0.298 e. The van der Waals surface area contributed by atoms with Gasteiger partial charge in [0.05, 0.1) is 0 Å². The van der Waals surface area contributed by atoms with Crippen LogP contribution in [0.1, 0.15) is 27.2 Å². The number of hydrogen-bond donors (Lipinski definition) is 0. The Balaban J connectivity index is 3.17. The highest BCUT2D eigenvalue weighted by molar-refractivity contribution is 6.16. The third kappa shape index (κ3) is 0.942. The van der Waals surface area contributed by atoms with Crippen LogP contribution in [0.3, 0.4) is 0 Å². The first-order valence-electron chi connectivity index (χ1n) is 4.06. The highest BCUT2D eigenvalue weighted by atomic mass is 16.2. The largest absolute Gasteiger partial charge is 0.298 e. The second-order valence-electron chi connectivity index (χ2n) is 4.22. The van der Waals surface area contributed by atoms with Crippen LogP contribution >= 0.6 is 0 Å². The Morgan fingerprint density at radius 1 is 1.33 bits per heavy atom. The summed E-state index contributed by atoms with van der Waals surface area (Å²) >= 11 is 0. The van der Waals surface area contributed by atoms with E-state index in [0.29, 0.717) is 6.42 Å². The van der Waals surface area contributed by atoms with Crippen LogP contribution in [0.4, 0.5) is 0 Å². The van der Waals surface area contributed by atoms with Gasteiger partial charge in [-0.1, -0.05) is 19.9 Å². The van der Waals surface area contributed by atoms with Crippen LogP contribution < -0.4 is 0 Å². The molecule has 1 unspecified atom stereocenters. The molecule has 2 heteroatoms. The van der Waals surface area contributed by atoms with Gasteiger partial charge in [-0.25, -0.2) is 0 Å². The summed E-state index contributed by atoms with van der Waals surface area (Å²) in [6, 6.07) is 0. The molecule has 0 saturated heterocycles. The van der Waals surface area contributed by atoms with Crippen molar-refractivity contribution in [3.05, 3.63) is 12.7 Å². The van der Waals surface area contributed by atoms with E-state index in [2.05, 4.69) is 6.58 Å². The SMILES string of the molecule is C=CC1(C)C(=O)CC(C)(C)C1=O. The van der Waals surface area contributed by atoms with Crippen molar-refractivity contribution in [1.29, 1.82) is 0 Å². The summed E-state index contributed by atoms with van der Waals surface area (Å²) in [6.07, 6.45) is 1.81. The van der Waals surface area contributed by atoms with Crippen LogP contribution in [0.25, 0.3) is 0 Å². The van der Waals surface area contributed by atoms with Crippen LogP contribution in [-0.4, -0.2) is 11.6 Å². The van der Waals surface area contributed by atoms with Crippen molar-refractivity contribution in [2.75, 3.05) is 0 Å². The minimum absolute atomic E-state index is 0.00463. The smallest absolute Gasteiger partial charge is 0.155 e. The second kappa shape index (κ2) is 2.28. The molecule has 12 heavy (non-hydrogen) atoms. The molecule has 66 valence electrons. The fourth-order valence-corrected chi connectivity index (χ4v) is 1.70. The summed E-state index contributed by atoms with van der Waals surface area (Å²) in [5, 5.41) is 0. The van der Waals surface area contributed by atoms with Crippen LogP contribution in [-0.2, 0) is 9.59 Å². The van der Waals surface area contributed by atoms with Crippen LogP contribution in [0.2, 0.25) is 0 Å². The summed E-state index contributed by atoms with van der Waals surface area (Å²) in [6.45, 7) is 8.81. The van der Waals surface area contributed by atoms with Gasteiger partial charge < -0.3 is 0 Å². The van der Waals surface area contributed by atoms with Crippen molar-refractivity contribution in [3.8, 4) is 0 Å². The van der Waals surface area contributed by atoms with Gasteiger partial charge in [-0.3, -0.25) is 9.59 Å². The Labute approximate surface area is 72.7 Å². The maximum absolute atomic E-state index is 11.7. The molecule has 0 radical (unpaired) electrons. The number of ketones is 2. The summed E-state index contributed by atoms with van der Waals surface area (Å²) in [4.78, 5) is 23.2. The van der Waals surface area contributed by atoms with Gasteiger partial charge in [-0.05, 0) is 6.92 Å². The van der Waals surface area contributed by atoms with E-state index in [1.807, 2.05) is 13.8 Å². The molecule has 1 rings (SSSR count). The second-order valence-corrected chi connectivity index (χ2v) is 4.22. The molecule has 0 bridgehead atoms. The predicted octanol–water partition coefficient (Wildman–Crippen LogP) is 1.75. The zero-order chi connectivity index (χ0) is 9.57. The lowest BCUT2D eigenvalue weighted by Crippen LogP contribution is -2.30. The molecular weight excluding hydrogens is 152 g/mol. The number of hydrogen-bond acceptors (Lipinski definition) is 2. The molecule has 2 nitrogen and oxygen atoms in total. The van der Waals surface area contributed by atoms with Crippen molar-refractivity contribution < 1.29 is 9.59 Å². The van der Waals surface area contributed by atoms with E-state index in [-0.39, 0.29) is 11.6 Å². The third-order valence-electron chi connectivity index (χ3n) is 2.68. The monoisotopic (exact) mass is 166 g/mol. The fourth-order valence-electron chi connectivity index (χ4n) is 1.70. The molecular formula is C10H14O2. The summed E-state index contributed by atoms with van der Waals surface area (Å²) in [5.41, 5.74) is -1.43. The van der Waals surface area contributed by atoms with Crippen molar-refractivity contribution in [2.45, 2.75) is 27.2 Å². The first kappa shape index (κ1) is 9.17. The molecule has 0 amide bonds. The van der Waals surface area contributed by atoms with Crippen LogP contribution in [0.15, 0.2) is 12.7 Å². The van der Waals surface area contributed by atoms with E-state index in [1.165, 1.54) is 6.08 Å². The Morgan fingerprint density at radius 3 is 2.00 bits per heavy atom.